The van der Waals surface area contributed by atoms with Crippen molar-refractivity contribution in [2.75, 3.05) is 0 Å². The summed E-state index contributed by atoms with van der Waals surface area (Å²) in [6, 6.07) is 18.2. The summed E-state index contributed by atoms with van der Waals surface area (Å²) in [6.07, 6.45) is 0.946. The molecule has 0 fully saturated rings. The van der Waals surface area contributed by atoms with E-state index in [1.165, 1.54) is 5.56 Å². The van der Waals surface area contributed by atoms with E-state index in [9.17, 15) is 0 Å². The van der Waals surface area contributed by atoms with E-state index in [2.05, 4.69) is 18.2 Å². The average molecular weight is 225 g/mol. The van der Waals surface area contributed by atoms with Crippen molar-refractivity contribution in [2.24, 2.45) is 5.73 Å². The molecule has 86 valence electrons. The molecule has 0 bridgehead atoms. The minimum atomic E-state index is -0.0661. The molecule has 0 aromatic heterocycles. The maximum atomic E-state index is 6.25. The Labute approximate surface area is 101 Å². The van der Waals surface area contributed by atoms with Crippen molar-refractivity contribution in [3.63, 3.8) is 0 Å². The Hall–Kier alpha value is -1.80. The van der Waals surface area contributed by atoms with Gasteiger partial charge in [0.2, 0.25) is 0 Å². The van der Waals surface area contributed by atoms with Crippen LogP contribution in [0.3, 0.4) is 0 Å². The summed E-state index contributed by atoms with van der Waals surface area (Å²) >= 11 is 0. The highest BCUT2D eigenvalue weighted by Crippen LogP contribution is 2.32. The molecular formula is C15H15NO. The molecule has 0 aliphatic carbocycles. The predicted molar refractivity (Wildman–Crippen MR) is 67.9 cm³/mol. The summed E-state index contributed by atoms with van der Waals surface area (Å²) < 4.78 is 5.90. The van der Waals surface area contributed by atoms with Crippen LogP contribution in [-0.2, 0) is 6.42 Å². The number of hydrogen-bond donors (Lipinski definition) is 1. The molecule has 1 aliphatic rings. The number of para-hydroxylation sites is 1. The van der Waals surface area contributed by atoms with Crippen LogP contribution in [0.4, 0.5) is 0 Å². The summed E-state index contributed by atoms with van der Waals surface area (Å²) in [7, 11) is 0. The number of ether oxygens (including phenoxy) is 1. The minimum Gasteiger partial charge on any atom is -0.488 e. The summed E-state index contributed by atoms with van der Waals surface area (Å²) in [5.41, 5.74) is 8.64. The number of rotatable bonds is 2. The van der Waals surface area contributed by atoms with Gasteiger partial charge in [-0.3, -0.25) is 0 Å². The average Bonchev–Trinajstić information content (AvgIpc) is 2.82. The first-order valence-corrected chi connectivity index (χ1v) is 5.90. The van der Waals surface area contributed by atoms with E-state index in [0.717, 1.165) is 17.7 Å². The summed E-state index contributed by atoms with van der Waals surface area (Å²) in [5, 5.41) is 0. The molecule has 3 rings (SSSR count). The molecule has 0 saturated heterocycles. The normalized spacial score (nSPS) is 19.5. The number of fused-ring (bicyclic) bond motifs is 1. The summed E-state index contributed by atoms with van der Waals surface area (Å²) in [4.78, 5) is 0. The molecule has 2 atom stereocenters. The second-order valence-electron chi connectivity index (χ2n) is 4.40. The van der Waals surface area contributed by atoms with Gasteiger partial charge in [-0.25, -0.2) is 0 Å². The molecule has 2 heteroatoms. The molecule has 1 heterocycles. The van der Waals surface area contributed by atoms with Gasteiger partial charge in [-0.05, 0) is 17.2 Å². The van der Waals surface area contributed by atoms with Gasteiger partial charge in [0, 0.05) is 6.42 Å². The summed E-state index contributed by atoms with van der Waals surface area (Å²) in [5.74, 6) is 0.976. The lowest BCUT2D eigenvalue weighted by Crippen LogP contribution is -2.29. The second kappa shape index (κ2) is 4.22. The smallest absolute Gasteiger partial charge is 0.123 e. The highest BCUT2D eigenvalue weighted by molar-refractivity contribution is 5.38. The Morgan fingerprint density at radius 3 is 2.47 bits per heavy atom. The van der Waals surface area contributed by atoms with Gasteiger partial charge in [0.1, 0.15) is 11.9 Å². The van der Waals surface area contributed by atoms with E-state index in [-0.39, 0.29) is 12.1 Å². The van der Waals surface area contributed by atoms with Gasteiger partial charge in [-0.15, -0.1) is 0 Å². The zero-order chi connectivity index (χ0) is 11.7. The van der Waals surface area contributed by atoms with Crippen molar-refractivity contribution in [1.29, 1.82) is 0 Å². The zero-order valence-corrected chi connectivity index (χ0v) is 9.54. The minimum absolute atomic E-state index is 0.0507. The molecule has 2 nitrogen and oxygen atoms in total. The van der Waals surface area contributed by atoms with E-state index in [1.807, 2.05) is 36.4 Å². The highest BCUT2D eigenvalue weighted by Gasteiger charge is 2.28. The van der Waals surface area contributed by atoms with Gasteiger partial charge in [0.25, 0.3) is 0 Å². The molecule has 0 saturated carbocycles. The number of nitrogens with two attached hydrogens (primary N) is 1. The third-order valence-electron chi connectivity index (χ3n) is 3.26. The standard InChI is InChI=1S/C15H15NO/c16-15(11-6-2-1-3-7-11)14-10-12-8-4-5-9-13(12)17-14/h1-9,14-15H,10,16H2. The van der Waals surface area contributed by atoms with Crippen molar-refractivity contribution in [2.45, 2.75) is 18.6 Å². The monoisotopic (exact) mass is 225 g/mol. The molecule has 2 unspecified atom stereocenters. The van der Waals surface area contributed by atoms with Crippen LogP contribution in [0.5, 0.6) is 5.75 Å². The first-order valence-electron chi connectivity index (χ1n) is 5.90. The van der Waals surface area contributed by atoms with Crippen LogP contribution in [0.1, 0.15) is 17.2 Å². The van der Waals surface area contributed by atoms with Gasteiger partial charge in [-0.1, -0.05) is 48.5 Å². The van der Waals surface area contributed by atoms with Crippen LogP contribution in [-0.4, -0.2) is 6.10 Å². The van der Waals surface area contributed by atoms with Crippen LogP contribution >= 0.6 is 0 Å². The van der Waals surface area contributed by atoms with Gasteiger partial charge in [0.05, 0.1) is 6.04 Å². The Bertz CT molecular complexity index is 484. The fourth-order valence-electron chi connectivity index (χ4n) is 2.30. The predicted octanol–water partition coefficient (Wildman–Crippen LogP) is 2.69. The molecule has 1 aliphatic heterocycles. The molecule has 0 spiro atoms. The summed E-state index contributed by atoms with van der Waals surface area (Å²) in [6.45, 7) is 0. The third-order valence-corrected chi connectivity index (χ3v) is 3.26. The van der Waals surface area contributed by atoms with Crippen molar-refractivity contribution >= 4 is 0 Å². The van der Waals surface area contributed by atoms with Crippen LogP contribution in [0, 0.1) is 0 Å². The molecule has 0 radical (unpaired) electrons. The van der Waals surface area contributed by atoms with Crippen molar-refractivity contribution in [1.82, 2.24) is 0 Å². The molecule has 2 aromatic rings. The Morgan fingerprint density at radius 1 is 1.00 bits per heavy atom. The van der Waals surface area contributed by atoms with E-state index >= 15 is 0 Å². The van der Waals surface area contributed by atoms with Crippen LogP contribution in [0.2, 0.25) is 0 Å². The van der Waals surface area contributed by atoms with Crippen LogP contribution < -0.4 is 10.5 Å². The molecule has 2 N–H and O–H groups in total. The third kappa shape index (κ3) is 1.92. The maximum absolute atomic E-state index is 6.25. The van der Waals surface area contributed by atoms with Crippen molar-refractivity contribution in [3.8, 4) is 5.75 Å². The molecule has 2 aromatic carbocycles. The first-order chi connectivity index (χ1) is 8.34. The van der Waals surface area contributed by atoms with E-state index in [1.54, 1.807) is 0 Å². The Kier molecular flexibility index (Phi) is 2.57. The van der Waals surface area contributed by atoms with E-state index in [0.29, 0.717) is 0 Å². The van der Waals surface area contributed by atoms with E-state index in [4.69, 9.17) is 10.5 Å². The molecule has 17 heavy (non-hydrogen) atoms. The largest absolute Gasteiger partial charge is 0.488 e. The maximum Gasteiger partial charge on any atom is 0.123 e. The Morgan fingerprint density at radius 2 is 1.71 bits per heavy atom. The fraction of sp³-hybridized carbons (Fsp3) is 0.200. The fourth-order valence-corrected chi connectivity index (χ4v) is 2.30. The molecular weight excluding hydrogens is 210 g/mol. The second-order valence-corrected chi connectivity index (χ2v) is 4.40. The van der Waals surface area contributed by atoms with Crippen molar-refractivity contribution < 1.29 is 4.74 Å². The van der Waals surface area contributed by atoms with Crippen LogP contribution in [0.15, 0.2) is 54.6 Å². The SMILES string of the molecule is NC(c1ccccc1)C1Cc2ccccc2O1. The quantitative estimate of drug-likeness (QED) is 0.852. The number of benzene rings is 2. The van der Waals surface area contributed by atoms with Gasteiger partial charge < -0.3 is 10.5 Å². The first kappa shape index (κ1) is 10.4. The highest BCUT2D eigenvalue weighted by atomic mass is 16.5. The van der Waals surface area contributed by atoms with Crippen LogP contribution in [0.25, 0.3) is 0 Å². The molecule has 0 amide bonds. The van der Waals surface area contributed by atoms with Gasteiger partial charge >= 0.3 is 0 Å². The van der Waals surface area contributed by atoms with Gasteiger partial charge in [-0.2, -0.15) is 0 Å². The van der Waals surface area contributed by atoms with E-state index < -0.39 is 0 Å². The zero-order valence-electron chi connectivity index (χ0n) is 9.54. The lowest BCUT2D eigenvalue weighted by Gasteiger charge is -2.19. The Balaban J connectivity index is 1.81. The number of hydrogen-bond acceptors (Lipinski definition) is 2. The lowest BCUT2D eigenvalue weighted by molar-refractivity contribution is 0.200. The van der Waals surface area contributed by atoms with Gasteiger partial charge in [0.15, 0.2) is 0 Å². The topological polar surface area (TPSA) is 35.2 Å². The van der Waals surface area contributed by atoms with Crippen molar-refractivity contribution in [3.05, 3.63) is 65.7 Å². The lowest BCUT2D eigenvalue weighted by atomic mass is 9.99.